The Morgan fingerprint density at radius 3 is 2.47 bits per heavy atom. The van der Waals surface area contributed by atoms with Crippen molar-refractivity contribution in [2.75, 3.05) is 5.32 Å². The maximum atomic E-state index is 13.0. The zero-order chi connectivity index (χ0) is 22.9. The molecule has 0 spiro atoms. The standard InChI is InChI=1S/C22H25FN6O2S/c1-2-3-7-14-29-22(31)28(20(27-29)16-8-5-4-6-9-16)15-19(30)25-26-21(32)24-18-12-10-17(23)11-13-18/h4-6,8-13H,2-3,7,14-15H2,1H3,(H,25,30)(H2,24,26,32). The molecule has 2 aromatic carbocycles. The van der Waals surface area contributed by atoms with Gasteiger partial charge in [0.2, 0.25) is 0 Å². The molecule has 1 aromatic heterocycles. The van der Waals surface area contributed by atoms with Crippen LogP contribution in [0.25, 0.3) is 11.4 Å². The number of aryl methyl sites for hydroxylation is 1. The molecule has 0 unspecified atom stereocenters. The van der Waals surface area contributed by atoms with E-state index in [1.165, 1.54) is 33.5 Å². The van der Waals surface area contributed by atoms with Gasteiger partial charge >= 0.3 is 5.69 Å². The molecule has 3 aromatic rings. The van der Waals surface area contributed by atoms with Crippen molar-refractivity contribution < 1.29 is 9.18 Å². The lowest BCUT2D eigenvalue weighted by atomic mass is 10.2. The number of halogens is 1. The third-order valence-corrected chi connectivity index (χ3v) is 4.85. The number of thiocarbonyl (C=S) groups is 1. The Kier molecular flexibility index (Phi) is 8.09. The molecule has 0 aliphatic carbocycles. The van der Waals surface area contributed by atoms with E-state index in [-0.39, 0.29) is 23.2 Å². The largest absolute Gasteiger partial charge is 0.346 e. The summed E-state index contributed by atoms with van der Waals surface area (Å²) in [6.07, 6.45) is 2.85. The van der Waals surface area contributed by atoms with Crippen molar-refractivity contribution in [2.45, 2.75) is 39.3 Å². The number of unbranched alkanes of at least 4 members (excludes halogenated alkanes) is 2. The van der Waals surface area contributed by atoms with Crippen molar-refractivity contribution in [2.24, 2.45) is 0 Å². The van der Waals surface area contributed by atoms with E-state index in [0.29, 0.717) is 18.1 Å². The fraction of sp³-hybridized carbons (Fsp3) is 0.273. The van der Waals surface area contributed by atoms with Crippen LogP contribution in [0.5, 0.6) is 0 Å². The first-order valence-corrected chi connectivity index (χ1v) is 10.7. The van der Waals surface area contributed by atoms with Crippen LogP contribution in [-0.2, 0) is 17.9 Å². The first-order valence-electron chi connectivity index (χ1n) is 10.3. The lowest BCUT2D eigenvalue weighted by molar-refractivity contribution is -0.122. The molecule has 0 fully saturated rings. The van der Waals surface area contributed by atoms with Crippen LogP contribution < -0.4 is 21.9 Å². The van der Waals surface area contributed by atoms with E-state index in [0.717, 1.165) is 24.8 Å². The number of carbonyl (C=O) groups is 1. The Hall–Kier alpha value is -3.53. The van der Waals surface area contributed by atoms with Crippen molar-refractivity contribution >= 4 is 28.9 Å². The van der Waals surface area contributed by atoms with Crippen LogP contribution in [0.15, 0.2) is 59.4 Å². The van der Waals surface area contributed by atoms with E-state index in [4.69, 9.17) is 12.2 Å². The van der Waals surface area contributed by atoms with E-state index in [9.17, 15) is 14.0 Å². The third kappa shape index (κ3) is 6.24. The van der Waals surface area contributed by atoms with Crippen LogP contribution in [0.2, 0.25) is 0 Å². The molecule has 3 rings (SSSR count). The van der Waals surface area contributed by atoms with Crippen LogP contribution >= 0.6 is 12.2 Å². The molecule has 168 valence electrons. The van der Waals surface area contributed by atoms with E-state index in [2.05, 4.69) is 28.2 Å². The number of amides is 1. The van der Waals surface area contributed by atoms with Crippen molar-refractivity contribution in [1.29, 1.82) is 0 Å². The average molecular weight is 457 g/mol. The van der Waals surface area contributed by atoms with Gasteiger partial charge in [-0.25, -0.2) is 13.9 Å². The molecule has 0 atom stereocenters. The lowest BCUT2D eigenvalue weighted by Crippen LogP contribution is -2.46. The predicted molar refractivity (Wildman–Crippen MR) is 125 cm³/mol. The SMILES string of the molecule is CCCCCn1nc(-c2ccccc2)n(CC(=O)NNC(=S)Nc2ccc(F)cc2)c1=O. The fourth-order valence-corrected chi connectivity index (χ4v) is 3.22. The van der Waals surface area contributed by atoms with Gasteiger partial charge in [0.05, 0.1) is 0 Å². The zero-order valence-corrected chi connectivity index (χ0v) is 18.5. The zero-order valence-electron chi connectivity index (χ0n) is 17.7. The molecular formula is C22H25FN6O2S. The van der Waals surface area contributed by atoms with Gasteiger partial charge in [-0.05, 0) is 42.9 Å². The summed E-state index contributed by atoms with van der Waals surface area (Å²) < 4.78 is 15.7. The van der Waals surface area contributed by atoms with Gasteiger partial charge in [0.15, 0.2) is 10.9 Å². The normalized spacial score (nSPS) is 10.6. The Morgan fingerprint density at radius 1 is 1.06 bits per heavy atom. The molecule has 0 saturated heterocycles. The highest BCUT2D eigenvalue weighted by molar-refractivity contribution is 7.80. The number of hydrazine groups is 1. The number of rotatable bonds is 8. The fourth-order valence-electron chi connectivity index (χ4n) is 3.05. The van der Waals surface area contributed by atoms with Crippen molar-refractivity contribution in [1.82, 2.24) is 25.2 Å². The van der Waals surface area contributed by atoms with E-state index >= 15 is 0 Å². The highest BCUT2D eigenvalue weighted by Crippen LogP contribution is 2.15. The number of aromatic nitrogens is 3. The number of nitrogens with zero attached hydrogens (tertiary/aromatic N) is 3. The van der Waals surface area contributed by atoms with Crippen LogP contribution in [0, 0.1) is 5.82 Å². The van der Waals surface area contributed by atoms with Gasteiger partial charge in [-0.15, -0.1) is 5.10 Å². The number of anilines is 1. The average Bonchev–Trinajstić information content (AvgIpc) is 3.10. The van der Waals surface area contributed by atoms with Crippen LogP contribution in [0.4, 0.5) is 10.1 Å². The van der Waals surface area contributed by atoms with Crippen molar-refractivity contribution in [3.63, 3.8) is 0 Å². The molecule has 8 nitrogen and oxygen atoms in total. The van der Waals surface area contributed by atoms with Gasteiger partial charge in [0, 0.05) is 17.8 Å². The molecule has 0 aliphatic heterocycles. The summed E-state index contributed by atoms with van der Waals surface area (Å²) >= 11 is 5.13. The Balaban J connectivity index is 1.68. The summed E-state index contributed by atoms with van der Waals surface area (Å²) in [6, 6.07) is 14.9. The second-order valence-electron chi connectivity index (χ2n) is 7.12. The first kappa shape index (κ1) is 23.1. The maximum Gasteiger partial charge on any atom is 0.346 e. The van der Waals surface area contributed by atoms with E-state index in [1.807, 2.05) is 30.3 Å². The number of benzene rings is 2. The maximum absolute atomic E-state index is 13.0. The third-order valence-electron chi connectivity index (χ3n) is 4.65. The molecule has 1 heterocycles. The van der Waals surface area contributed by atoms with Gasteiger partial charge in [-0.2, -0.15) is 0 Å². The Labute approximate surface area is 190 Å². The minimum Gasteiger partial charge on any atom is -0.331 e. The summed E-state index contributed by atoms with van der Waals surface area (Å²) in [5.41, 5.74) is 6.01. The van der Waals surface area contributed by atoms with Crippen LogP contribution in [0.3, 0.4) is 0 Å². The molecule has 0 radical (unpaired) electrons. The van der Waals surface area contributed by atoms with Gasteiger partial charge in [-0.1, -0.05) is 50.1 Å². The van der Waals surface area contributed by atoms with E-state index in [1.54, 1.807) is 0 Å². The molecule has 1 amide bonds. The molecule has 32 heavy (non-hydrogen) atoms. The minimum absolute atomic E-state index is 0.121. The Bertz CT molecular complexity index is 1110. The smallest absolute Gasteiger partial charge is 0.331 e. The van der Waals surface area contributed by atoms with Gasteiger partial charge < -0.3 is 5.32 Å². The summed E-state index contributed by atoms with van der Waals surface area (Å²) in [5.74, 6) is -0.410. The van der Waals surface area contributed by atoms with Gasteiger partial charge in [0.25, 0.3) is 5.91 Å². The first-order chi connectivity index (χ1) is 15.5. The lowest BCUT2D eigenvalue weighted by Gasteiger charge is -2.12. The second kappa shape index (κ2) is 11.2. The number of hydrogen-bond donors (Lipinski definition) is 3. The Morgan fingerprint density at radius 2 is 1.78 bits per heavy atom. The predicted octanol–water partition coefficient (Wildman–Crippen LogP) is 3.06. The topological polar surface area (TPSA) is 93.0 Å². The van der Waals surface area contributed by atoms with Gasteiger partial charge in [-0.3, -0.25) is 20.2 Å². The summed E-state index contributed by atoms with van der Waals surface area (Å²) in [4.78, 5) is 25.4. The molecular weight excluding hydrogens is 431 g/mol. The quantitative estimate of drug-likeness (QED) is 0.274. The molecule has 10 heteroatoms. The number of carbonyl (C=O) groups excluding carboxylic acids is 1. The molecule has 0 saturated carbocycles. The highest BCUT2D eigenvalue weighted by Gasteiger charge is 2.17. The minimum atomic E-state index is -0.472. The second-order valence-corrected chi connectivity index (χ2v) is 7.53. The summed E-state index contributed by atoms with van der Waals surface area (Å²) in [6.45, 7) is 2.34. The van der Waals surface area contributed by atoms with E-state index < -0.39 is 5.91 Å². The van der Waals surface area contributed by atoms with Crippen molar-refractivity contribution in [3.8, 4) is 11.4 Å². The molecule has 0 aliphatic rings. The molecule has 3 N–H and O–H groups in total. The monoisotopic (exact) mass is 456 g/mol. The van der Waals surface area contributed by atoms with Crippen molar-refractivity contribution in [3.05, 3.63) is 70.9 Å². The van der Waals surface area contributed by atoms with Crippen LogP contribution in [-0.4, -0.2) is 25.4 Å². The van der Waals surface area contributed by atoms with Gasteiger partial charge in [0.1, 0.15) is 12.4 Å². The molecule has 0 bridgehead atoms. The number of hydrogen-bond acceptors (Lipinski definition) is 4. The van der Waals surface area contributed by atoms with Crippen LogP contribution in [0.1, 0.15) is 26.2 Å². The number of nitrogens with one attached hydrogen (secondary N) is 3. The summed E-state index contributed by atoms with van der Waals surface area (Å²) in [7, 11) is 0. The highest BCUT2D eigenvalue weighted by atomic mass is 32.1. The summed E-state index contributed by atoms with van der Waals surface area (Å²) in [5, 5.41) is 7.41.